The van der Waals surface area contributed by atoms with Crippen molar-refractivity contribution in [2.45, 2.75) is 157 Å². The SMILES string of the molecule is C=C(C)C(=O)OCCOC(=O)N(O)c1cccc(COCCCCCC(=O)OCCO[Si](OCCOC(=O)CCCCCOCc2cccc(N(O)C(=O)OCCOC(=O)C(=C)C)c2)(OCCOC(=O)CCCCCOCc2cccc(N(O)C(=O)OCCOC(=O)C(=C)C)c2)OCCOC(=O)CCCCCOCc2cccc(N(O)C(=O)OCCOC(=O)C(=C)C)c2)c1. The molecular weight excluding hydrogens is 1720 g/mol. The van der Waals surface area contributed by atoms with Crippen LogP contribution in [-0.4, -0.2) is 234 Å². The lowest BCUT2D eigenvalue weighted by atomic mass is 10.2. The molecule has 0 radical (unpaired) electrons. The van der Waals surface area contributed by atoms with Gasteiger partial charge in [0.25, 0.3) is 0 Å². The van der Waals surface area contributed by atoms with E-state index < -0.39 is 81.2 Å². The zero-order valence-corrected chi connectivity index (χ0v) is 74.5. The van der Waals surface area contributed by atoms with Gasteiger partial charge in [-0.3, -0.25) is 40.0 Å². The summed E-state index contributed by atoms with van der Waals surface area (Å²) in [5.74, 6) is -4.89. The van der Waals surface area contributed by atoms with Crippen molar-refractivity contribution in [2.75, 3.05) is 152 Å². The molecule has 0 fully saturated rings. The maximum absolute atomic E-state index is 13.1. The van der Waals surface area contributed by atoms with Gasteiger partial charge in [0.15, 0.2) is 0 Å². The normalized spacial score (nSPS) is 10.9. The number of amides is 4. The Kier molecular flexibility index (Phi) is 55.3. The minimum absolute atomic E-state index is 0.0177. The number of ether oxygens (including phenoxy) is 16. The molecule has 0 spiro atoms. The number of unbranched alkanes of at least 4 members (excludes halogenated alkanes) is 8. The van der Waals surface area contributed by atoms with Crippen molar-refractivity contribution in [3.8, 4) is 0 Å². The molecule has 712 valence electrons. The third-order valence-electron chi connectivity index (χ3n) is 17.1. The fourth-order valence-electron chi connectivity index (χ4n) is 10.5. The predicted molar refractivity (Wildman–Crippen MR) is 457 cm³/mol. The van der Waals surface area contributed by atoms with E-state index in [9.17, 15) is 78.4 Å². The number of anilines is 4. The summed E-state index contributed by atoms with van der Waals surface area (Å²) in [4.78, 5) is 148. The Morgan fingerprint density at radius 3 is 0.651 bits per heavy atom. The van der Waals surface area contributed by atoms with Crippen molar-refractivity contribution in [1.82, 2.24) is 0 Å². The van der Waals surface area contributed by atoms with Gasteiger partial charge < -0.3 is 93.5 Å². The van der Waals surface area contributed by atoms with E-state index in [1.165, 1.54) is 76.2 Å². The minimum atomic E-state index is -4.49. The molecule has 0 aliphatic rings. The van der Waals surface area contributed by atoms with E-state index in [1.807, 2.05) is 0 Å². The topological polar surface area (TPSA) is 483 Å². The fraction of sp³-hybridized carbons (Fsp3) is 0.500. The Bertz CT molecular complexity index is 3680. The van der Waals surface area contributed by atoms with Gasteiger partial charge in [0.2, 0.25) is 0 Å². The van der Waals surface area contributed by atoms with Gasteiger partial charge in [-0.05, 0) is 150 Å². The molecule has 4 rings (SSSR count). The average Bonchev–Trinajstić information content (AvgIpc) is 0.887. The van der Waals surface area contributed by atoms with E-state index in [2.05, 4.69) is 26.3 Å². The largest absolute Gasteiger partial charge is 0.680 e. The lowest BCUT2D eigenvalue weighted by Crippen LogP contribution is -2.51. The Morgan fingerprint density at radius 2 is 0.450 bits per heavy atom. The van der Waals surface area contributed by atoms with Crippen LogP contribution in [0.3, 0.4) is 0 Å². The zero-order valence-electron chi connectivity index (χ0n) is 73.5. The fourth-order valence-corrected chi connectivity index (χ4v) is 12.3. The Balaban J connectivity index is 1.34. The molecule has 0 saturated heterocycles. The molecule has 129 heavy (non-hydrogen) atoms. The van der Waals surface area contributed by atoms with E-state index in [1.54, 1.807) is 48.5 Å². The van der Waals surface area contributed by atoms with Crippen molar-refractivity contribution in [3.63, 3.8) is 0 Å². The van der Waals surface area contributed by atoms with Crippen LogP contribution in [0.1, 0.15) is 153 Å². The van der Waals surface area contributed by atoms with Crippen molar-refractivity contribution < 1.29 is 172 Å². The van der Waals surface area contributed by atoms with Gasteiger partial charge in [-0.25, -0.2) is 38.4 Å². The number of hydroxylamine groups is 4. The molecule has 0 heterocycles. The van der Waals surface area contributed by atoms with Gasteiger partial charge in [0.1, 0.15) is 79.3 Å². The zero-order chi connectivity index (χ0) is 94.4. The number of esters is 8. The molecule has 4 N–H and O–H groups in total. The molecule has 0 bridgehead atoms. The van der Waals surface area contributed by atoms with Crippen LogP contribution in [0.2, 0.25) is 0 Å². The second-order valence-electron chi connectivity index (χ2n) is 28.3. The highest BCUT2D eigenvalue weighted by Crippen LogP contribution is 2.23. The first-order valence-corrected chi connectivity index (χ1v) is 43.4. The van der Waals surface area contributed by atoms with Crippen LogP contribution in [0.15, 0.2) is 146 Å². The average molecular weight is 1840 g/mol. The predicted octanol–water partition coefficient (Wildman–Crippen LogP) is 12.6. The number of carbonyl (C=O) groups excluding carboxylic acids is 12. The molecule has 0 aromatic heterocycles. The van der Waals surface area contributed by atoms with Crippen molar-refractivity contribution >= 4 is 104 Å². The standard InChI is InChI=1S/C88H120N4O36Si/c1-65(2)81(97)117-41-45-121-85(101)89(105)73-29-21-25-69(57-73)61-109-37-17-9-13-33-77(93)113-49-53-125-129(126-54-50-114-78(94)34-14-10-18-38-110-62-70-26-22-30-74(58-70)90(106)86(102)122-46-42-118-82(98)66(3)4,127-55-51-115-79(95)35-15-11-19-39-111-63-71-27-23-31-75(59-71)91(107)87(103)123-47-43-119-83(99)67(5)6)128-56-52-116-80(96)36-16-12-20-40-112-64-72-28-24-32-76(60-72)92(108)88(104)124-48-44-120-84(100)68(7)8/h21-32,57-60,105-108H,1,3,5,7,9-20,33-56,61-64H2,2,4,6,8H3. The van der Waals surface area contributed by atoms with Crippen LogP contribution in [0.5, 0.6) is 0 Å². The first-order valence-electron chi connectivity index (χ1n) is 41.8. The van der Waals surface area contributed by atoms with E-state index in [-0.39, 0.29) is 203 Å². The second-order valence-corrected chi connectivity index (χ2v) is 30.4. The van der Waals surface area contributed by atoms with Crippen LogP contribution < -0.4 is 20.3 Å². The summed E-state index contributed by atoms with van der Waals surface area (Å²) in [6.45, 7) is 16.5. The number of hydrogen-bond donors (Lipinski definition) is 4. The van der Waals surface area contributed by atoms with E-state index in [4.69, 9.17) is 93.5 Å². The summed E-state index contributed by atoms with van der Waals surface area (Å²) in [6, 6.07) is 25.3. The number of rotatable bonds is 68. The molecule has 41 heteroatoms. The number of benzene rings is 4. The molecule has 0 aliphatic carbocycles. The third kappa shape index (κ3) is 49.0. The lowest BCUT2D eigenvalue weighted by Gasteiger charge is -2.28. The molecule has 0 unspecified atom stereocenters. The quantitative estimate of drug-likeness (QED) is 0.00606. The maximum atomic E-state index is 13.1. The van der Waals surface area contributed by atoms with Gasteiger partial charge in [-0.1, -0.05) is 101 Å². The highest BCUT2D eigenvalue weighted by molar-refractivity contribution is 6.53. The van der Waals surface area contributed by atoms with Crippen molar-refractivity contribution in [3.05, 3.63) is 168 Å². The van der Waals surface area contributed by atoms with Gasteiger partial charge in [-0.2, -0.15) is 20.3 Å². The molecule has 4 amide bonds. The van der Waals surface area contributed by atoms with E-state index >= 15 is 0 Å². The Morgan fingerprint density at radius 1 is 0.256 bits per heavy atom. The Hall–Kier alpha value is -11.6. The summed E-state index contributed by atoms with van der Waals surface area (Å²) in [5, 5.41) is 43.0. The molecular formula is C88H120N4O36Si. The molecule has 40 nitrogen and oxygen atoms in total. The minimum Gasteiger partial charge on any atom is -0.463 e. The first kappa shape index (κ1) is 110. The van der Waals surface area contributed by atoms with Crippen LogP contribution in [-0.2, 0) is 158 Å². The van der Waals surface area contributed by atoms with Gasteiger partial charge >= 0.3 is 81.2 Å². The van der Waals surface area contributed by atoms with E-state index in [0.717, 1.165) is 0 Å². The molecule has 4 aromatic rings. The third-order valence-corrected chi connectivity index (χ3v) is 19.4. The van der Waals surface area contributed by atoms with Crippen molar-refractivity contribution in [2.24, 2.45) is 0 Å². The van der Waals surface area contributed by atoms with Crippen LogP contribution in [0.4, 0.5) is 41.9 Å². The summed E-state index contributed by atoms with van der Waals surface area (Å²) in [6.07, 6.45) is 1.83. The summed E-state index contributed by atoms with van der Waals surface area (Å²) in [7, 11) is -4.49. The summed E-state index contributed by atoms with van der Waals surface area (Å²) >= 11 is 0. The Labute approximate surface area is 749 Å². The number of carbonyl (C=O) groups is 12. The second kappa shape index (κ2) is 65.0. The molecule has 0 atom stereocenters. The maximum Gasteiger partial charge on any atom is 0.680 e. The van der Waals surface area contributed by atoms with Crippen LogP contribution in [0, 0.1) is 0 Å². The van der Waals surface area contributed by atoms with Crippen molar-refractivity contribution in [1.29, 1.82) is 0 Å². The van der Waals surface area contributed by atoms with Gasteiger partial charge in [0.05, 0.1) is 75.6 Å². The first-order chi connectivity index (χ1) is 62.0. The number of hydrogen-bond acceptors (Lipinski definition) is 36. The smallest absolute Gasteiger partial charge is 0.463 e. The van der Waals surface area contributed by atoms with Crippen LogP contribution in [0.25, 0.3) is 0 Å². The lowest BCUT2D eigenvalue weighted by molar-refractivity contribution is -0.148. The van der Waals surface area contributed by atoms with Crippen LogP contribution >= 0.6 is 0 Å². The highest BCUT2D eigenvalue weighted by atomic mass is 28.4. The molecule has 0 saturated carbocycles. The molecule has 4 aromatic carbocycles. The summed E-state index contributed by atoms with van der Waals surface area (Å²) < 4.78 is 109. The summed E-state index contributed by atoms with van der Waals surface area (Å²) in [5.41, 5.74) is 3.61. The van der Waals surface area contributed by atoms with E-state index in [0.29, 0.717) is 146 Å². The number of nitrogens with zero attached hydrogens (tertiary/aromatic N) is 4. The van der Waals surface area contributed by atoms with Gasteiger partial charge in [-0.15, -0.1) is 0 Å². The molecule has 0 aliphatic heterocycles. The van der Waals surface area contributed by atoms with Gasteiger partial charge in [0, 0.05) is 74.4 Å². The highest BCUT2D eigenvalue weighted by Gasteiger charge is 2.46. The monoisotopic (exact) mass is 1840 g/mol.